The van der Waals surface area contributed by atoms with Crippen LogP contribution in [0.5, 0.6) is 5.88 Å². The molecule has 2 aromatic heterocycles. The fourth-order valence-corrected chi connectivity index (χ4v) is 2.25. The molecule has 1 aromatic carbocycles. The van der Waals surface area contributed by atoms with Crippen molar-refractivity contribution < 1.29 is 4.74 Å². The van der Waals surface area contributed by atoms with E-state index in [1.807, 2.05) is 18.2 Å². The second-order valence-electron chi connectivity index (χ2n) is 4.26. The Morgan fingerprint density at radius 2 is 2.00 bits per heavy atom. The van der Waals surface area contributed by atoms with Crippen LogP contribution in [-0.4, -0.2) is 17.1 Å². The van der Waals surface area contributed by atoms with Crippen molar-refractivity contribution in [1.29, 1.82) is 0 Å². The third kappa shape index (κ3) is 1.64. The summed E-state index contributed by atoms with van der Waals surface area (Å²) >= 11 is 0. The van der Waals surface area contributed by atoms with E-state index < -0.39 is 0 Å². The number of methoxy groups -OCH3 is 1. The molecule has 1 N–H and O–H groups in total. The quantitative estimate of drug-likeness (QED) is 0.741. The number of benzene rings is 1. The van der Waals surface area contributed by atoms with Gasteiger partial charge in [-0.05, 0) is 24.6 Å². The van der Waals surface area contributed by atoms with Gasteiger partial charge in [0.1, 0.15) is 0 Å². The average molecular weight is 238 g/mol. The number of hydrogen-bond donors (Lipinski definition) is 1. The van der Waals surface area contributed by atoms with E-state index >= 15 is 0 Å². The van der Waals surface area contributed by atoms with Gasteiger partial charge in [-0.2, -0.15) is 0 Å². The zero-order chi connectivity index (χ0) is 12.5. The third-order valence-electron chi connectivity index (χ3n) is 3.20. The van der Waals surface area contributed by atoms with Crippen LogP contribution >= 0.6 is 0 Å². The van der Waals surface area contributed by atoms with Gasteiger partial charge in [-0.15, -0.1) is 0 Å². The molecule has 0 aliphatic carbocycles. The highest BCUT2D eigenvalue weighted by Crippen LogP contribution is 2.30. The van der Waals surface area contributed by atoms with Crippen LogP contribution < -0.4 is 4.74 Å². The molecule has 3 aromatic rings. The van der Waals surface area contributed by atoms with Crippen LogP contribution in [0.1, 0.15) is 5.56 Å². The molecule has 90 valence electrons. The van der Waals surface area contributed by atoms with Crippen LogP contribution in [0.3, 0.4) is 0 Å². The number of pyridine rings is 1. The fraction of sp³-hybridized carbons (Fsp3) is 0.133. The Labute approximate surface area is 105 Å². The average Bonchev–Trinajstić information content (AvgIpc) is 2.77. The van der Waals surface area contributed by atoms with Crippen molar-refractivity contribution in [3.8, 4) is 17.1 Å². The molecule has 18 heavy (non-hydrogen) atoms. The molecule has 3 rings (SSSR count). The molecule has 0 aliphatic rings. The van der Waals surface area contributed by atoms with Crippen LogP contribution in [0, 0.1) is 6.92 Å². The maximum atomic E-state index is 5.17. The summed E-state index contributed by atoms with van der Waals surface area (Å²) in [6, 6.07) is 12.2. The summed E-state index contributed by atoms with van der Waals surface area (Å²) in [7, 11) is 1.63. The normalized spacial score (nSPS) is 10.8. The van der Waals surface area contributed by atoms with E-state index in [-0.39, 0.29) is 0 Å². The molecule has 0 saturated carbocycles. The monoisotopic (exact) mass is 238 g/mol. The summed E-state index contributed by atoms with van der Waals surface area (Å²) in [5, 5.41) is 1.25. The largest absolute Gasteiger partial charge is 0.481 e. The molecule has 3 nitrogen and oxygen atoms in total. The first-order valence-electron chi connectivity index (χ1n) is 5.87. The number of H-pyrrole nitrogens is 1. The predicted octanol–water partition coefficient (Wildman–Crippen LogP) is 3.55. The van der Waals surface area contributed by atoms with Gasteiger partial charge in [0.15, 0.2) is 0 Å². The zero-order valence-electron chi connectivity index (χ0n) is 10.4. The van der Waals surface area contributed by atoms with Crippen molar-refractivity contribution in [2.24, 2.45) is 0 Å². The van der Waals surface area contributed by atoms with Crippen molar-refractivity contribution in [2.45, 2.75) is 6.92 Å². The number of aromatic nitrogens is 2. The van der Waals surface area contributed by atoms with E-state index in [0.29, 0.717) is 5.88 Å². The fourth-order valence-electron chi connectivity index (χ4n) is 2.25. The van der Waals surface area contributed by atoms with Gasteiger partial charge < -0.3 is 9.72 Å². The van der Waals surface area contributed by atoms with Crippen LogP contribution in [0.15, 0.2) is 42.6 Å². The number of aryl methyl sites for hydroxylation is 1. The Balaban J connectivity index is 2.21. The smallest absolute Gasteiger partial charge is 0.213 e. The molecule has 0 amide bonds. The number of fused-ring (bicyclic) bond motifs is 1. The van der Waals surface area contributed by atoms with Crippen LogP contribution in [0.25, 0.3) is 22.2 Å². The van der Waals surface area contributed by atoms with Gasteiger partial charge >= 0.3 is 0 Å². The van der Waals surface area contributed by atoms with E-state index in [2.05, 4.69) is 35.1 Å². The minimum absolute atomic E-state index is 0.630. The van der Waals surface area contributed by atoms with E-state index in [1.165, 1.54) is 10.9 Å². The predicted molar refractivity (Wildman–Crippen MR) is 72.8 cm³/mol. The second-order valence-corrected chi connectivity index (χ2v) is 4.26. The van der Waals surface area contributed by atoms with Crippen molar-refractivity contribution >= 4 is 10.9 Å². The summed E-state index contributed by atoms with van der Waals surface area (Å²) in [4.78, 5) is 7.58. The van der Waals surface area contributed by atoms with Gasteiger partial charge in [0, 0.05) is 34.4 Å². The Morgan fingerprint density at radius 1 is 1.17 bits per heavy atom. The summed E-state index contributed by atoms with van der Waals surface area (Å²) in [6.45, 7) is 2.13. The molecular formula is C15H14N2O. The van der Waals surface area contributed by atoms with Gasteiger partial charge in [-0.25, -0.2) is 4.98 Å². The molecule has 2 heterocycles. The maximum absolute atomic E-state index is 5.17. The van der Waals surface area contributed by atoms with Crippen molar-refractivity contribution in [1.82, 2.24) is 9.97 Å². The number of hydrogen-bond acceptors (Lipinski definition) is 2. The van der Waals surface area contributed by atoms with E-state index in [9.17, 15) is 0 Å². The Bertz CT molecular complexity index is 701. The summed E-state index contributed by atoms with van der Waals surface area (Å²) in [5.41, 5.74) is 4.62. The highest BCUT2D eigenvalue weighted by molar-refractivity contribution is 5.90. The lowest BCUT2D eigenvalue weighted by molar-refractivity contribution is 0.398. The van der Waals surface area contributed by atoms with Gasteiger partial charge in [0.05, 0.1) is 7.11 Å². The molecular weight excluding hydrogens is 224 g/mol. The van der Waals surface area contributed by atoms with Gasteiger partial charge in [-0.3, -0.25) is 0 Å². The topological polar surface area (TPSA) is 37.9 Å². The molecule has 0 atom stereocenters. The number of aromatic amines is 1. The van der Waals surface area contributed by atoms with Crippen LogP contribution in [0.2, 0.25) is 0 Å². The van der Waals surface area contributed by atoms with Gasteiger partial charge in [0.25, 0.3) is 0 Å². The maximum Gasteiger partial charge on any atom is 0.213 e. The number of nitrogens with zero attached hydrogens (tertiary/aromatic N) is 1. The Morgan fingerprint density at radius 3 is 2.78 bits per heavy atom. The minimum atomic E-state index is 0.630. The Hall–Kier alpha value is -2.29. The van der Waals surface area contributed by atoms with E-state index in [1.54, 1.807) is 13.3 Å². The lowest BCUT2D eigenvalue weighted by atomic mass is 10.1. The molecule has 0 saturated heterocycles. The Kier molecular flexibility index (Phi) is 2.52. The first-order valence-corrected chi connectivity index (χ1v) is 5.87. The molecule has 0 bridgehead atoms. The summed E-state index contributed by atoms with van der Waals surface area (Å²) in [5.74, 6) is 0.630. The van der Waals surface area contributed by atoms with Crippen molar-refractivity contribution in [3.63, 3.8) is 0 Å². The number of nitrogens with one attached hydrogen (secondary N) is 1. The second kappa shape index (κ2) is 4.18. The summed E-state index contributed by atoms with van der Waals surface area (Å²) in [6.07, 6.45) is 1.76. The molecule has 0 spiro atoms. The van der Waals surface area contributed by atoms with Gasteiger partial charge in [-0.1, -0.05) is 18.2 Å². The lowest BCUT2D eigenvalue weighted by Gasteiger charge is -2.03. The lowest BCUT2D eigenvalue weighted by Crippen LogP contribution is -1.88. The van der Waals surface area contributed by atoms with E-state index in [4.69, 9.17) is 4.74 Å². The number of para-hydroxylation sites is 1. The van der Waals surface area contributed by atoms with Crippen molar-refractivity contribution in [3.05, 3.63) is 48.2 Å². The first kappa shape index (κ1) is 10.8. The summed E-state index contributed by atoms with van der Waals surface area (Å²) < 4.78 is 5.17. The van der Waals surface area contributed by atoms with E-state index in [0.717, 1.165) is 16.8 Å². The van der Waals surface area contributed by atoms with Gasteiger partial charge in [0.2, 0.25) is 5.88 Å². The standard InChI is InChI=1S/C15H14N2O/c1-10-12-5-3-4-6-13(12)17-15(10)11-7-8-16-14(9-11)18-2/h3-9,17H,1-2H3. The molecule has 3 heteroatoms. The zero-order valence-corrected chi connectivity index (χ0v) is 10.4. The van der Waals surface area contributed by atoms with Crippen LogP contribution in [-0.2, 0) is 0 Å². The molecule has 0 aliphatic heterocycles. The van der Waals surface area contributed by atoms with Crippen LogP contribution in [0.4, 0.5) is 0 Å². The van der Waals surface area contributed by atoms with Crippen molar-refractivity contribution in [2.75, 3.05) is 7.11 Å². The molecule has 0 radical (unpaired) electrons. The third-order valence-corrected chi connectivity index (χ3v) is 3.20. The minimum Gasteiger partial charge on any atom is -0.481 e. The number of ether oxygens (including phenoxy) is 1. The SMILES string of the molecule is COc1cc(-c2[nH]c3ccccc3c2C)ccn1. The first-order chi connectivity index (χ1) is 8.79. The molecule has 0 fully saturated rings. The highest BCUT2D eigenvalue weighted by atomic mass is 16.5. The molecule has 0 unspecified atom stereocenters. The highest BCUT2D eigenvalue weighted by Gasteiger charge is 2.09. The number of rotatable bonds is 2.